The van der Waals surface area contributed by atoms with Gasteiger partial charge in [-0.2, -0.15) is 0 Å². The van der Waals surface area contributed by atoms with Crippen LogP contribution in [0.1, 0.15) is 357 Å². The predicted octanol–water partition coefficient (Wildman–Crippen LogP) is 20.5. The Labute approximate surface area is 556 Å². The minimum atomic E-state index is -4.95. The van der Waals surface area contributed by atoms with Crippen LogP contribution in [0, 0.1) is 23.7 Å². The molecule has 0 aliphatic heterocycles. The van der Waals surface area contributed by atoms with E-state index in [4.69, 9.17) is 37.0 Å². The molecule has 0 aromatic carbocycles. The van der Waals surface area contributed by atoms with Crippen LogP contribution in [0.25, 0.3) is 0 Å². The fourth-order valence-electron chi connectivity index (χ4n) is 10.8. The van der Waals surface area contributed by atoms with E-state index in [2.05, 4.69) is 55.4 Å². The zero-order chi connectivity index (χ0) is 67.5. The molecular weight excluding hydrogens is 1200 g/mol. The summed E-state index contributed by atoms with van der Waals surface area (Å²) in [7, 11) is -9.90. The standard InChI is InChI=1S/C72H140O17P2/c1-62(2)48-40-32-24-20-17-15-13-11-9-10-12-14-16-18-22-27-38-46-54-71(76)88-67(59-83-70(75)53-45-37-30-28-34-42-50-64(5)6)60-86-90(78,79)84-56-66(73)57-85-91(80,81)87-61-68(89-72(77)55-47-39-31-29-35-43-51-65(7)8)58-82-69(74)52-44-36-26-23-19-21-25-33-41-49-63(3)4/h62-68,73H,9-61H2,1-8H3,(H,78,79)(H,80,81)/t66?,67-,68-/m1/s1. The molecule has 0 rings (SSSR count). The van der Waals surface area contributed by atoms with Crippen LogP contribution in [-0.4, -0.2) is 96.7 Å². The van der Waals surface area contributed by atoms with Gasteiger partial charge in [-0.05, 0) is 49.4 Å². The molecule has 0 aromatic rings. The van der Waals surface area contributed by atoms with E-state index in [1.165, 1.54) is 154 Å². The molecule has 0 spiro atoms. The molecule has 17 nitrogen and oxygen atoms in total. The van der Waals surface area contributed by atoms with Crippen molar-refractivity contribution in [1.82, 2.24) is 0 Å². The molecule has 0 saturated heterocycles. The highest BCUT2D eigenvalue weighted by Crippen LogP contribution is 2.45. The molecule has 0 amide bonds. The van der Waals surface area contributed by atoms with Gasteiger partial charge in [0.05, 0.1) is 26.4 Å². The van der Waals surface area contributed by atoms with Crippen molar-refractivity contribution in [2.24, 2.45) is 23.7 Å². The fourth-order valence-corrected chi connectivity index (χ4v) is 12.4. The molecule has 0 aromatic heterocycles. The highest BCUT2D eigenvalue weighted by atomic mass is 31.2. The third-order valence-electron chi connectivity index (χ3n) is 16.6. The second-order valence-corrected chi connectivity index (χ2v) is 30.8. The lowest BCUT2D eigenvalue weighted by molar-refractivity contribution is -0.161. The molecule has 5 atom stereocenters. The number of rotatable bonds is 69. The average Bonchev–Trinajstić information content (AvgIpc) is 3.52. The Morgan fingerprint density at radius 2 is 0.462 bits per heavy atom. The number of aliphatic hydroxyl groups is 1. The van der Waals surface area contributed by atoms with Gasteiger partial charge in [-0.1, -0.05) is 306 Å². The van der Waals surface area contributed by atoms with Crippen molar-refractivity contribution < 1.29 is 80.2 Å². The molecule has 0 radical (unpaired) electrons. The molecule has 0 heterocycles. The molecule has 540 valence electrons. The number of phosphoric acid groups is 2. The fraction of sp³-hybridized carbons (Fsp3) is 0.944. The monoisotopic (exact) mass is 1340 g/mol. The number of esters is 4. The number of ether oxygens (including phenoxy) is 4. The lowest BCUT2D eigenvalue weighted by Gasteiger charge is -2.21. The van der Waals surface area contributed by atoms with E-state index in [1.807, 2.05) is 0 Å². The van der Waals surface area contributed by atoms with Gasteiger partial charge >= 0.3 is 39.5 Å². The quantitative estimate of drug-likeness (QED) is 0.0222. The third kappa shape index (κ3) is 66.5. The van der Waals surface area contributed by atoms with Crippen molar-refractivity contribution in [3.8, 4) is 0 Å². The van der Waals surface area contributed by atoms with Crippen LogP contribution >= 0.6 is 15.6 Å². The first-order valence-electron chi connectivity index (χ1n) is 37.2. The topological polar surface area (TPSA) is 237 Å². The van der Waals surface area contributed by atoms with E-state index in [1.54, 1.807) is 0 Å². The van der Waals surface area contributed by atoms with Crippen LogP contribution < -0.4 is 0 Å². The average molecular weight is 1340 g/mol. The van der Waals surface area contributed by atoms with Crippen molar-refractivity contribution in [1.29, 1.82) is 0 Å². The molecule has 0 bridgehead atoms. The number of unbranched alkanes of at least 4 members (excludes halogenated alkanes) is 35. The van der Waals surface area contributed by atoms with Gasteiger partial charge in [0.25, 0.3) is 0 Å². The number of phosphoric ester groups is 2. The Bertz CT molecular complexity index is 1800. The van der Waals surface area contributed by atoms with Crippen LogP contribution in [-0.2, 0) is 65.4 Å². The first-order chi connectivity index (χ1) is 43.6. The van der Waals surface area contributed by atoms with Gasteiger partial charge in [-0.15, -0.1) is 0 Å². The maximum absolute atomic E-state index is 13.0. The first-order valence-corrected chi connectivity index (χ1v) is 40.2. The van der Waals surface area contributed by atoms with Crippen molar-refractivity contribution in [3.05, 3.63) is 0 Å². The van der Waals surface area contributed by atoms with Gasteiger partial charge < -0.3 is 33.8 Å². The molecule has 0 aliphatic rings. The predicted molar refractivity (Wildman–Crippen MR) is 367 cm³/mol. The molecule has 3 unspecified atom stereocenters. The summed E-state index contributed by atoms with van der Waals surface area (Å²) in [4.78, 5) is 72.5. The summed E-state index contributed by atoms with van der Waals surface area (Å²) >= 11 is 0. The summed E-state index contributed by atoms with van der Waals surface area (Å²) < 4.78 is 68.2. The van der Waals surface area contributed by atoms with Gasteiger partial charge in [0.2, 0.25) is 0 Å². The Hall–Kier alpha value is -1.94. The second-order valence-electron chi connectivity index (χ2n) is 27.9. The lowest BCUT2D eigenvalue weighted by Crippen LogP contribution is -2.30. The van der Waals surface area contributed by atoms with Gasteiger partial charge in [-0.25, -0.2) is 9.13 Å². The number of carbonyl (C=O) groups is 4. The van der Waals surface area contributed by atoms with Gasteiger partial charge in [0.15, 0.2) is 12.2 Å². The summed E-state index contributed by atoms with van der Waals surface area (Å²) in [6.45, 7) is 14.0. The van der Waals surface area contributed by atoms with E-state index >= 15 is 0 Å². The Balaban J connectivity index is 5.13. The van der Waals surface area contributed by atoms with Crippen molar-refractivity contribution in [3.63, 3.8) is 0 Å². The first kappa shape index (κ1) is 89.1. The molecule has 19 heteroatoms. The van der Waals surface area contributed by atoms with E-state index in [-0.39, 0.29) is 25.7 Å². The highest BCUT2D eigenvalue weighted by molar-refractivity contribution is 7.47. The lowest BCUT2D eigenvalue weighted by atomic mass is 10.0. The number of aliphatic hydroxyl groups excluding tert-OH is 1. The zero-order valence-corrected chi connectivity index (χ0v) is 61.3. The second kappa shape index (κ2) is 61.6. The summed E-state index contributed by atoms with van der Waals surface area (Å²) in [5.74, 6) is 0.779. The van der Waals surface area contributed by atoms with Crippen molar-refractivity contribution in [2.45, 2.75) is 375 Å². The van der Waals surface area contributed by atoms with Crippen LogP contribution in [0.4, 0.5) is 0 Å². The maximum atomic E-state index is 13.0. The maximum Gasteiger partial charge on any atom is 0.472 e. The Morgan fingerprint density at radius 1 is 0.275 bits per heavy atom. The van der Waals surface area contributed by atoms with Gasteiger partial charge in [-0.3, -0.25) is 37.3 Å². The number of hydrogen-bond acceptors (Lipinski definition) is 15. The van der Waals surface area contributed by atoms with Gasteiger partial charge in [0, 0.05) is 25.7 Å². The minimum absolute atomic E-state index is 0.101. The van der Waals surface area contributed by atoms with Crippen LogP contribution in [0.2, 0.25) is 0 Å². The van der Waals surface area contributed by atoms with Crippen LogP contribution in [0.3, 0.4) is 0 Å². The van der Waals surface area contributed by atoms with Crippen molar-refractivity contribution >= 4 is 39.5 Å². The smallest absolute Gasteiger partial charge is 0.462 e. The van der Waals surface area contributed by atoms with Crippen molar-refractivity contribution in [2.75, 3.05) is 39.6 Å². The van der Waals surface area contributed by atoms with Gasteiger partial charge in [0.1, 0.15) is 19.3 Å². The summed E-state index contributed by atoms with van der Waals surface area (Å²) in [5.41, 5.74) is 0. The zero-order valence-electron chi connectivity index (χ0n) is 59.5. The summed E-state index contributed by atoms with van der Waals surface area (Å²) in [6.07, 6.45) is 45.0. The Kier molecular flexibility index (Phi) is 60.3. The molecule has 0 aliphatic carbocycles. The Morgan fingerprint density at radius 3 is 0.681 bits per heavy atom. The van der Waals surface area contributed by atoms with Crippen LogP contribution in [0.5, 0.6) is 0 Å². The minimum Gasteiger partial charge on any atom is -0.462 e. The van der Waals surface area contributed by atoms with E-state index < -0.39 is 97.5 Å². The SMILES string of the molecule is CC(C)CCCCCCCCCCCCCCCCCCCCC(=O)O[C@H](COC(=O)CCCCCCCCC(C)C)COP(=O)(O)OCC(O)COP(=O)(O)OC[C@@H](COC(=O)CCCCCCCCCCCC(C)C)OC(=O)CCCCCCCCC(C)C. The summed E-state index contributed by atoms with van der Waals surface area (Å²) in [5, 5.41) is 10.6. The molecule has 0 fully saturated rings. The summed E-state index contributed by atoms with van der Waals surface area (Å²) in [6, 6.07) is 0. The van der Waals surface area contributed by atoms with E-state index in [0.717, 1.165) is 108 Å². The van der Waals surface area contributed by atoms with E-state index in [9.17, 15) is 43.2 Å². The largest absolute Gasteiger partial charge is 0.472 e. The third-order valence-corrected chi connectivity index (χ3v) is 18.5. The molecule has 3 N–H and O–H groups in total. The number of hydrogen-bond donors (Lipinski definition) is 3. The highest BCUT2D eigenvalue weighted by Gasteiger charge is 2.30. The number of carbonyl (C=O) groups excluding carboxylic acids is 4. The van der Waals surface area contributed by atoms with Crippen LogP contribution in [0.15, 0.2) is 0 Å². The molecule has 0 saturated carbocycles. The van der Waals surface area contributed by atoms with E-state index in [0.29, 0.717) is 37.5 Å². The molecular formula is C72H140O17P2. The molecule has 91 heavy (non-hydrogen) atoms. The normalized spacial score (nSPS) is 14.2.